The SMILES string of the molecule is CC(C)(CCO)CNc1cc(C(F)(F)F)ncc1[N+](=O)[O-]. The molecule has 1 heterocycles. The van der Waals surface area contributed by atoms with E-state index in [2.05, 4.69) is 10.3 Å². The highest BCUT2D eigenvalue weighted by molar-refractivity contribution is 5.61. The molecule has 1 aromatic rings. The maximum absolute atomic E-state index is 12.6. The van der Waals surface area contributed by atoms with Gasteiger partial charge in [0.05, 0.1) is 4.92 Å². The summed E-state index contributed by atoms with van der Waals surface area (Å²) in [5.41, 5.74) is -2.39. The van der Waals surface area contributed by atoms with E-state index in [1.165, 1.54) is 0 Å². The predicted octanol–water partition coefficient (Wildman–Crippen LogP) is 2.83. The molecule has 0 aliphatic heterocycles. The number of alkyl halides is 3. The van der Waals surface area contributed by atoms with Crippen molar-refractivity contribution in [2.24, 2.45) is 5.41 Å². The molecule has 0 aliphatic carbocycles. The second kappa shape index (κ2) is 6.25. The van der Waals surface area contributed by atoms with E-state index in [0.717, 1.165) is 0 Å². The third kappa shape index (κ3) is 4.85. The molecule has 0 saturated heterocycles. The van der Waals surface area contributed by atoms with Crippen LogP contribution in [0.2, 0.25) is 0 Å². The third-order valence-corrected chi connectivity index (χ3v) is 2.92. The number of nitrogens with one attached hydrogen (secondary N) is 1. The Kier molecular flexibility index (Phi) is 5.10. The van der Waals surface area contributed by atoms with E-state index in [-0.39, 0.29) is 18.8 Å². The number of anilines is 1. The Morgan fingerprint density at radius 1 is 1.43 bits per heavy atom. The minimum atomic E-state index is -4.67. The number of hydrogen-bond donors (Lipinski definition) is 2. The van der Waals surface area contributed by atoms with Gasteiger partial charge in [-0.25, -0.2) is 4.98 Å². The van der Waals surface area contributed by atoms with E-state index >= 15 is 0 Å². The lowest BCUT2D eigenvalue weighted by atomic mass is 9.89. The fourth-order valence-electron chi connectivity index (χ4n) is 1.62. The van der Waals surface area contributed by atoms with Gasteiger partial charge >= 0.3 is 11.9 Å². The summed E-state index contributed by atoms with van der Waals surface area (Å²) in [4.78, 5) is 13.1. The fourth-order valence-corrected chi connectivity index (χ4v) is 1.62. The van der Waals surface area contributed by atoms with Crippen molar-refractivity contribution in [3.8, 4) is 0 Å². The lowest BCUT2D eigenvalue weighted by Crippen LogP contribution is -2.25. The van der Waals surface area contributed by atoms with Gasteiger partial charge < -0.3 is 10.4 Å². The molecule has 1 aromatic heterocycles. The first-order valence-electron chi connectivity index (χ1n) is 6.13. The topological polar surface area (TPSA) is 88.3 Å². The number of hydrogen-bond acceptors (Lipinski definition) is 5. The van der Waals surface area contributed by atoms with Crippen LogP contribution in [0.15, 0.2) is 12.3 Å². The van der Waals surface area contributed by atoms with Gasteiger partial charge in [0.2, 0.25) is 0 Å². The largest absolute Gasteiger partial charge is 0.433 e. The summed E-state index contributed by atoms with van der Waals surface area (Å²) >= 11 is 0. The zero-order chi connectivity index (χ0) is 16.3. The molecule has 6 nitrogen and oxygen atoms in total. The number of rotatable bonds is 6. The molecule has 2 N–H and O–H groups in total. The maximum atomic E-state index is 12.6. The molecular weight excluding hydrogens is 291 g/mol. The number of nitrogens with zero attached hydrogens (tertiary/aromatic N) is 2. The minimum Gasteiger partial charge on any atom is -0.396 e. The second-order valence-electron chi connectivity index (χ2n) is 5.33. The van der Waals surface area contributed by atoms with Crippen LogP contribution in [0, 0.1) is 15.5 Å². The summed E-state index contributed by atoms with van der Waals surface area (Å²) < 4.78 is 37.8. The first-order chi connectivity index (χ1) is 9.57. The molecule has 21 heavy (non-hydrogen) atoms. The Balaban J connectivity index is 3.05. The van der Waals surface area contributed by atoms with Crippen LogP contribution in [-0.2, 0) is 6.18 Å². The van der Waals surface area contributed by atoms with Crippen LogP contribution < -0.4 is 5.32 Å². The lowest BCUT2D eigenvalue weighted by Gasteiger charge is -2.24. The Hall–Kier alpha value is -1.90. The van der Waals surface area contributed by atoms with Crippen molar-refractivity contribution in [1.29, 1.82) is 0 Å². The molecule has 9 heteroatoms. The molecule has 0 fully saturated rings. The summed E-state index contributed by atoms with van der Waals surface area (Å²) in [5, 5.41) is 22.4. The average Bonchev–Trinajstić information content (AvgIpc) is 2.34. The molecule has 0 radical (unpaired) electrons. The average molecular weight is 307 g/mol. The first kappa shape index (κ1) is 17.2. The zero-order valence-electron chi connectivity index (χ0n) is 11.6. The van der Waals surface area contributed by atoms with Crippen LogP contribution in [0.25, 0.3) is 0 Å². The first-order valence-corrected chi connectivity index (χ1v) is 6.13. The van der Waals surface area contributed by atoms with E-state index < -0.39 is 27.9 Å². The van der Waals surface area contributed by atoms with Crippen molar-refractivity contribution in [1.82, 2.24) is 4.98 Å². The summed E-state index contributed by atoms with van der Waals surface area (Å²) in [5.74, 6) is 0. The standard InChI is InChI=1S/C12H16F3N3O3/c1-11(2,3-4-19)7-17-8-5-10(12(13,14)15)16-6-9(8)18(20)21/h5-6,19H,3-4,7H2,1-2H3,(H,16,17). The lowest BCUT2D eigenvalue weighted by molar-refractivity contribution is -0.384. The molecule has 0 spiro atoms. The Bertz CT molecular complexity index is 518. The molecule has 0 unspecified atom stereocenters. The van der Waals surface area contributed by atoms with Crippen molar-refractivity contribution in [2.75, 3.05) is 18.5 Å². The van der Waals surface area contributed by atoms with Crippen molar-refractivity contribution >= 4 is 11.4 Å². The van der Waals surface area contributed by atoms with Crippen LogP contribution in [0.1, 0.15) is 26.0 Å². The predicted molar refractivity (Wildman–Crippen MR) is 69.9 cm³/mol. The van der Waals surface area contributed by atoms with Crippen LogP contribution in [0.5, 0.6) is 0 Å². The highest BCUT2D eigenvalue weighted by atomic mass is 19.4. The van der Waals surface area contributed by atoms with Crippen molar-refractivity contribution < 1.29 is 23.2 Å². The molecule has 0 aromatic carbocycles. The Labute approximate surface area is 119 Å². The monoisotopic (exact) mass is 307 g/mol. The third-order valence-electron chi connectivity index (χ3n) is 2.92. The molecule has 118 valence electrons. The minimum absolute atomic E-state index is 0.0824. The molecule has 1 rings (SSSR count). The molecule has 0 saturated carbocycles. The van der Waals surface area contributed by atoms with Crippen molar-refractivity contribution in [3.63, 3.8) is 0 Å². The van der Waals surface area contributed by atoms with Gasteiger partial charge in [-0.15, -0.1) is 0 Å². The molecule has 0 aliphatic rings. The molecule has 0 bridgehead atoms. The smallest absolute Gasteiger partial charge is 0.396 e. The van der Waals surface area contributed by atoms with Crippen LogP contribution in [0.4, 0.5) is 24.5 Å². The van der Waals surface area contributed by atoms with E-state index in [1.54, 1.807) is 13.8 Å². The molecular formula is C12H16F3N3O3. The van der Waals surface area contributed by atoms with Crippen molar-refractivity contribution in [3.05, 3.63) is 28.1 Å². The van der Waals surface area contributed by atoms with Gasteiger partial charge in [0, 0.05) is 13.2 Å². The van der Waals surface area contributed by atoms with Gasteiger partial charge in [-0.1, -0.05) is 13.8 Å². The highest BCUT2D eigenvalue weighted by Gasteiger charge is 2.34. The fraction of sp³-hybridized carbons (Fsp3) is 0.583. The number of halogens is 3. The molecule has 0 amide bonds. The van der Waals surface area contributed by atoms with Gasteiger partial charge in [-0.05, 0) is 17.9 Å². The molecule has 0 atom stereocenters. The Morgan fingerprint density at radius 2 is 2.05 bits per heavy atom. The summed E-state index contributed by atoms with van der Waals surface area (Å²) in [7, 11) is 0. The number of pyridine rings is 1. The van der Waals surface area contributed by atoms with Gasteiger partial charge in [-0.2, -0.15) is 13.2 Å². The van der Waals surface area contributed by atoms with E-state index in [9.17, 15) is 23.3 Å². The van der Waals surface area contributed by atoms with Crippen LogP contribution in [-0.4, -0.2) is 28.2 Å². The quantitative estimate of drug-likeness (QED) is 0.623. The highest BCUT2D eigenvalue weighted by Crippen LogP contribution is 2.33. The summed E-state index contributed by atoms with van der Waals surface area (Å²) in [6.07, 6.45) is -3.68. The Morgan fingerprint density at radius 3 is 2.52 bits per heavy atom. The number of aliphatic hydroxyl groups excluding tert-OH is 1. The summed E-state index contributed by atoms with van der Waals surface area (Å²) in [6.45, 7) is 3.67. The maximum Gasteiger partial charge on any atom is 0.433 e. The van der Waals surface area contributed by atoms with Crippen LogP contribution >= 0.6 is 0 Å². The van der Waals surface area contributed by atoms with E-state index in [0.29, 0.717) is 18.7 Å². The van der Waals surface area contributed by atoms with Gasteiger partial charge in [-0.3, -0.25) is 10.1 Å². The second-order valence-corrected chi connectivity index (χ2v) is 5.33. The van der Waals surface area contributed by atoms with E-state index in [1.807, 2.05) is 0 Å². The zero-order valence-corrected chi connectivity index (χ0v) is 11.6. The van der Waals surface area contributed by atoms with Crippen molar-refractivity contribution in [2.45, 2.75) is 26.4 Å². The van der Waals surface area contributed by atoms with Gasteiger partial charge in [0.25, 0.3) is 0 Å². The normalized spacial score (nSPS) is 12.3. The summed E-state index contributed by atoms with van der Waals surface area (Å²) in [6, 6.07) is 0.618. The number of nitro groups is 1. The van der Waals surface area contributed by atoms with Gasteiger partial charge in [0.1, 0.15) is 17.6 Å². The van der Waals surface area contributed by atoms with Crippen LogP contribution in [0.3, 0.4) is 0 Å². The van der Waals surface area contributed by atoms with E-state index in [4.69, 9.17) is 5.11 Å². The number of aromatic nitrogens is 1. The number of aliphatic hydroxyl groups is 1. The van der Waals surface area contributed by atoms with Gasteiger partial charge in [0.15, 0.2) is 0 Å².